The van der Waals surface area contributed by atoms with Crippen molar-refractivity contribution in [1.29, 1.82) is 0 Å². The number of hydrogen-bond acceptors (Lipinski definition) is 1. The summed E-state index contributed by atoms with van der Waals surface area (Å²) in [5.74, 6) is 0.839. The molecule has 0 heterocycles. The quantitative estimate of drug-likeness (QED) is 0.428. The van der Waals surface area contributed by atoms with Gasteiger partial charge in [0, 0.05) is 13.4 Å². The average molecular weight is 514 g/mol. The molecule has 2 aromatic carbocycles. The summed E-state index contributed by atoms with van der Waals surface area (Å²) in [6.07, 6.45) is 0. The molecule has 0 radical (unpaired) electrons. The monoisotopic (exact) mass is 510 g/mol. The summed E-state index contributed by atoms with van der Waals surface area (Å²) in [4.78, 5) is 0.113. The summed E-state index contributed by atoms with van der Waals surface area (Å²) in [6, 6.07) is 12.2. The Balaban J connectivity index is 2.40. The lowest BCUT2D eigenvalue weighted by Crippen LogP contribution is -1.95. The van der Waals surface area contributed by atoms with Crippen molar-refractivity contribution in [3.8, 4) is 5.75 Å². The van der Waals surface area contributed by atoms with Crippen molar-refractivity contribution in [1.82, 2.24) is 0 Å². The maximum Gasteiger partial charge on any atom is 0.120 e. The van der Waals surface area contributed by atoms with E-state index >= 15 is 0 Å². The Morgan fingerprint density at radius 3 is 2.11 bits per heavy atom. The predicted molar refractivity (Wildman–Crippen MR) is 93.3 cm³/mol. The lowest BCUT2D eigenvalue weighted by Gasteiger charge is -2.14. The molecular formula is C14H10Br4O. The molecule has 0 saturated heterocycles. The van der Waals surface area contributed by atoms with Gasteiger partial charge in [0.1, 0.15) is 5.75 Å². The van der Waals surface area contributed by atoms with Crippen LogP contribution in [0, 0.1) is 0 Å². The third kappa shape index (κ3) is 3.84. The van der Waals surface area contributed by atoms with E-state index in [2.05, 4.69) is 81.9 Å². The molecule has 2 aromatic rings. The maximum atomic E-state index is 5.21. The van der Waals surface area contributed by atoms with Gasteiger partial charge in [-0.3, -0.25) is 0 Å². The van der Waals surface area contributed by atoms with Gasteiger partial charge in [-0.05, 0) is 41.5 Å². The van der Waals surface area contributed by atoms with Gasteiger partial charge in [0.15, 0.2) is 0 Å². The number of benzene rings is 2. The zero-order valence-corrected chi connectivity index (χ0v) is 16.3. The molecule has 0 aliphatic carbocycles. The second-order valence-electron chi connectivity index (χ2n) is 3.95. The van der Waals surface area contributed by atoms with Gasteiger partial charge in [0.05, 0.1) is 11.9 Å². The standard InChI is InChI=1S/C14H10Br4O/c1-19-11-2-3-12(13(17)7-11)14(18)8-4-9(15)6-10(16)5-8/h2-7,14H,1H3. The van der Waals surface area contributed by atoms with Gasteiger partial charge < -0.3 is 4.74 Å². The highest BCUT2D eigenvalue weighted by atomic mass is 79.9. The molecule has 100 valence electrons. The molecule has 2 rings (SSSR count). The molecule has 0 aliphatic heterocycles. The van der Waals surface area contributed by atoms with Crippen LogP contribution < -0.4 is 4.74 Å². The Kier molecular flexibility index (Phi) is 5.52. The van der Waals surface area contributed by atoms with E-state index in [1.54, 1.807) is 7.11 Å². The summed E-state index contributed by atoms with van der Waals surface area (Å²) in [5.41, 5.74) is 2.33. The van der Waals surface area contributed by atoms with E-state index in [9.17, 15) is 0 Å². The van der Waals surface area contributed by atoms with E-state index in [1.807, 2.05) is 18.2 Å². The van der Waals surface area contributed by atoms with E-state index in [-0.39, 0.29) is 4.83 Å². The Morgan fingerprint density at radius 2 is 1.58 bits per heavy atom. The smallest absolute Gasteiger partial charge is 0.120 e. The number of alkyl halides is 1. The number of hydrogen-bond donors (Lipinski definition) is 0. The Morgan fingerprint density at radius 1 is 0.947 bits per heavy atom. The van der Waals surface area contributed by atoms with Crippen LogP contribution in [-0.2, 0) is 0 Å². The van der Waals surface area contributed by atoms with E-state index < -0.39 is 0 Å². The van der Waals surface area contributed by atoms with Gasteiger partial charge in [-0.1, -0.05) is 69.8 Å². The van der Waals surface area contributed by atoms with Gasteiger partial charge in [-0.25, -0.2) is 0 Å². The Labute approximate surface area is 146 Å². The molecule has 1 unspecified atom stereocenters. The fourth-order valence-electron chi connectivity index (χ4n) is 1.74. The lowest BCUT2D eigenvalue weighted by atomic mass is 10.0. The van der Waals surface area contributed by atoms with Gasteiger partial charge in [-0.2, -0.15) is 0 Å². The predicted octanol–water partition coefficient (Wildman–Crippen LogP) is 6.47. The van der Waals surface area contributed by atoms with E-state index in [4.69, 9.17) is 4.74 Å². The molecule has 1 atom stereocenters. The minimum absolute atomic E-state index is 0.113. The first-order chi connectivity index (χ1) is 9.01. The van der Waals surface area contributed by atoms with Crippen LogP contribution in [-0.4, -0.2) is 7.11 Å². The van der Waals surface area contributed by atoms with Gasteiger partial charge in [0.25, 0.3) is 0 Å². The third-order valence-electron chi connectivity index (χ3n) is 2.66. The minimum atomic E-state index is 0.113. The van der Waals surface area contributed by atoms with Crippen molar-refractivity contribution in [2.24, 2.45) is 0 Å². The van der Waals surface area contributed by atoms with Gasteiger partial charge in [0.2, 0.25) is 0 Å². The average Bonchev–Trinajstić information content (AvgIpc) is 2.36. The SMILES string of the molecule is COc1ccc(C(Br)c2cc(Br)cc(Br)c2)c(Br)c1. The molecule has 1 nitrogen and oxygen atoms in total. The Hall–Kier alpha value is 0.160. The normalized spacial score (nSPS) is 12.3. The highest BCUT2D eigenvalue weighted by molar-refractivity contribution is 9.11. The first-order valence-electron chi connectivity index (χ1n) is 5.44. The topological polar surface area (TPSA) is 9.23 Å². The van der Waals surface area contributed by atoms with Crippen molar-refractivity contribution in [3.05, 3.63) is 60.9 Å². The molecular weight excluding hydrogens is 504 g/mol. The summed E-state index contributed by atoms with van der Waals surface area (Å²) in [5, 5.41) is 0. The van der Waals surface area contributed by atoms with Crippen molar-refractivity contribution in [2.45, 2.75) is 4.83 Å². The molecule has 0 saturated carbocycles. The molecule has 5 heteroatoms. The molecule has 0 amide bonds. The molecule has 0 spiro atoms. The van der Waals surface area contributed by atoms with Crippen LogP contribution in [0.25, 0.3) is 0 Å². The lowest BCUT2D eigenvalue weighted by molar-refractivity contribution is 0.414. The minimum Gasteiger partial charge on any atom is -0.497 e. The van der Waals surface area contributed by atoms with Crippen molar-refractivity contribution in [2.75, 3.05) is 7.11 Å². The maximum absolute atomic E-state index is 5.21. The van der Waals surface area contributed by atoms with Crippen LogP contribution in [0.4, 0.5) is 0 Å². The van der Waals surface area contributed by atoms with Crippen LogP contribution >= 0.6 is 63.7 Å². The highest BCUT2D eigenvalue weighted by Crippen LogP contribution is 2.38. The van der Waals surface area contributed by atoms with Crippen LogP contribution in [0.1, 0.15) is 16.0 Å². The molecule has 0 aromatic heterocycles. The molecule has 0 fully saturated rings. The van der Waals surface area contributed by atoms with E-state index in [1.165, 1.54) is 5.56 Å². The first kappa shape index (κ1) is 15.5. The molecule has 0 N–H and O–H groups in total. The zero-order valence-electron chi connectivity index (χ0n) is 9.96. The molecule has 19 heavy (non-hydrogen) atoms. The summed E-state index contributed by atoms with van der Waals surface area (Å²) in [7, 11) is 1.67. The van der Waals surface area contributed by atoms with E-state index in [0.717, 1.165) is 24.7 Å². The third-order valence-corrected chi connectivity index (χ3v) is 5.28. The summed E-state index contributed by atoms with van der Waals surface area (Å²) >= 11 is 14.4. The fraction of sp³-hybridized carbons (Fsp3) is 0.143. The summed E-state index contributed by atoms with van der Waals surface area (Å²) in [6.45, 7) is 0. The number of methoxy groups -OCH3 is 1. The molecule has 0 bridgehead atoms. The Bertz CT molecular complexity index is 578. The second kappa shape index (κ2) is 6.74. The summed E-state index contributed by atoms with van der Waals surface area (Å²) < 4.78 is 8.33. The van der Waals surface area contributed by atoms with Gasteiger partial charge >= 0.3 is 0 Å². The number of halogens is 4. The van der Waals surface area contributed by atoms with E-state index in [0.29, 0.717) is 0 Å². The van der Waals surface area contributed by atoms with Crippen LogP contribution in [0.2, 0.25) is 0 Å². The number of ether oxygens (including phenoxy) is 1. The van der Waals surface area contributed by atoms with Crippen molar-refractivity contribution in [3.63, 3.8) is 0 Å². The van der Waals surface area contributed by atoms with Crippen molar-refractivity contribution >= 4 is 63.7 Å². The number of rotatable bonds is 3. The molecule has 0 aliphatic rings. The van der Waals surface area contributed by atoms with Gasteiger partial charge in [-0.15, -0.1) is 0 Å². The van der Waals surface area contributed by atoms with Crippen LogP contribution in [0.5, 0.6) is 5.75 Å². The van der Waals surface area contributed by atoms with Crippen LogP contribution in [0.3, 0.4) is 0 Å². The fourth-order valence-corrected chi connectivity index (χ4v) is 4.63. The highest BCUT2D eigenvalue weighted by Gasteiger charge is 2.15. The zero-order chi connectivity index (χ0) is 14.0. The first-order valence-corrected chi connectivity index (χ1v) is 8.74. The van der Waals surface area contributed by atoms with Crippen molar-refractivity contribution < 1.29 is 4.74 Å². The largest absolute Gasteiger partial charge is 0.497 e. The van der Waals surface area contributed by atoms with Crippen LogP contribution in [0.15, 0.2) is 49.8 Å². The second-order valence-corrected chi connectivity index (χ2v) is 7.55.